The number of rotatable bonds is 8. The Labute approximate surface area is 175 Å². The maximum absolute atomic E-state index is 12.0. The Morgan fingerprint density at radius 2 is 1.93 bits per heavy atom. The van der Waals surface area contributed by atoms with E-state index in [0.29, 0.717) is 17.2 Å². The highest BCUT2D eigenvalue weighted by molar-refractivity contribution is 9.10. The summed E-state index contributed by atoms with van der Waals surface area (Å²) in [4.78, 5) is 12.0. The number of carbonyl (C=O) groups is 1. The molecule has 0 spiro atoms. The Morgan fingerprint density at radius 1 is 1.15 bits per heavy atom. The van der Waals surface area contributed by atoms with Crippen molar-refractivity contribution in [3.8, 4) is 17.2 Å². The van der Waals surface area contributed by atoms with Crippen LogP contribution in [0.3, 0.4) is 0 Å². The van der Waals surface area contributed by atoms with Crippen molar-refractivity contribution in [2.45, 2.75) is 13.3 Å². The van der Waals surface area contributed by atoms with Crippen LogP contribution in [-0.2, 0) is 11.2 Å². The van der Waals surface area contributed by atoms with Gasteiger partial charge in [-0.3, -0.25) is 4.79 Å². The van der Waals surface area contributed by atoms with Gasteiger partial charge >= 0.3 is 0 Å². The fraction of sp³-hybridized carbons (Fsp3) is 0.263. The first-order chi connectivity index (χ1) is 13.0. The molecule has 27 heavy (non-hydrogen) atoms. The fourth-order valence-corrected chi connectivity index (χ4v) is 3.36. The summed E-state index contributed by atoms with van der Waals surface area (Å²) < 4.78 is 17.8. The molecular formula is C19H20Br2N2O4. The summed E-state index contributed by atoms with van der Waals surface area (Å²) in [5.74, 6) is 1.48. The van der Waals surface area contributed by atoms with E-state index in [1.165, 1.54) is 6.21 Å². The number of hydrazone groups is 1. The van der Waals surface area contributed by atoms with Gasteiger partial charge in [-0.2, -0.15) is 5.10 Å². The molecule has 2 aromatic rings. The molecule has 0 radical (unpaired) electrons. The minimum Gasteiger partial charge on any atom is -0.493 e. The molecular weight excluding hydrogens is 480 g/mol. The number of benzene rings is 2. The molecule has 0 aliphatic rings. The highest BCUT2D eigenvalue weighted by Crippen LogP contribution is 2.35. The van der Waals surface area contributed by atoms with Crippen LogP contribution in [0.4, 0.5) is 0 Å². The lowest BCUT2D eigenvalue weighted by molar-refractivity contribution is -0.123. The molecule has 2 rings (SSSR count). The summed E-state index contributed by atoms with van der Waals surface area (Å²) in [5.41, 5.74) is 4.21. The van der Waals surface area contributed by atoms with Gasteiger partial charge in [-0.15, -0.1) is 0 Å². The van der Waals surface area contributed by atoms with Crippen LogP contribution in [-0.4, -0.2) is 32.9 Å². The SMILES string of the molecule is CCc1cc(Br)ccc1OCC(=O)N/N=C/c1cc(Br)c(OC)c(OC)c1. The first-order valence-electron chi connectivity index (χ1n) is 8.13. The molecule has 1 amide bonds. The van der Waals surface area contributed by atoms with E-state index in [1.54, 1.807) is 20.3 Å². The molecule has 0 fully saturated rings. The van der Waals surface area contributed by atoms with Crippen LogP contribution in [0.15, 0.2) is 44.4 Å². The smallest absolute Gasteiger partial charge is 0.277 e. The molecule has 0 aromatic heterocycles. The van der Waals surface area contributed by atoms with Gasteiger partial charge in [-0.05, 0) is 63.8 Å². The lowest BCUT2D eigenvalue weighted by atomic mass is 10.1. The number of aryl methyl sites for hydroxylation is 1. The van der Waals surface area contributed by atoms with E-state index in [2.05, 4.69) is 42.4 Å². The van der Waals surface area contributed by atoms with E-state index >= 15 is 0 Å². The van der Waals surface area contributed by atoms with Crippen molar-refractivity contribution in [1.29, 1.82) is 0 Å². The van der Waals surface area contributed by atoms with Crippen molar-refractivity contribution in [2.24, 2.45) is 5.10 Å². The Hall–Kier alpha value is -2.06. The summed E-state index contributed by atoms with van der Waals surface area (Å²) >= 11 is 6.84. The maximum Gasteiger partial charge on any atom is 0.277 e. The Kier molecular flexibility index (Phi) is 8.12. The van der Waals surface area contributed by atoms with Crippen LogP contribution in [0.1, 0.15) is 18.1 Å². The van der Waals surface area contributed by atoms with E-state index in [9.17, 15) is 4.79 Å². The van der Waals surface area contributed by atoms with E-state index in [4.69, 9.17) is 14.2 Å². The lowest BCUT2D eigenvalue weighted by Crippen LogP contribution is -2.24. The third-order valence-electron chi connectivity index (χ3n) is 3.62. The van der Waals surface area contributed by atoms with Crippen molar-refractivity contribution < 1.29 is 19.0 Å². The third kappa shape index (κ3) is 5.97. The predicted molar refractivity (Wildman–Crippen MR) is 112 cm³/mol. The quantitative estimate of drug-likeness (QED) is 0.433. The number of carbonyl (C=O) groups excluding carboxylic acids is 1. The monoisotopic (exact) mass is 498 g/mol. The van der Waals surface area contributed by atoms with Crippen LogP contribution in [0.25, 0.3) is 0 Å². The average Bonchev–Trinajstić information content (AvgIpc) is 2.66. The van der Waals surface area contributed by atoms with Gasteiger partial charge in [0.05, 0.1) is 24.9 Å². The molecule has 0 saturated carbocycles. The van der Waals surface area contributed by atoms with Crippen molar-refractivity contribution in [2.75, 3.05) is 20.8 Å². The average molecular weight is 500 g/mol. The van der Waals surface area contributed by atoms with Gasteiger partial charge in [0.25, 0.3) is 5.91 Å². The van der Waals surface area contributed by atoms with Gasteiger partial charge in [0.2, 0.25) is 0 Å². The first kappa shape index (κ1) is 21.2. The van der Waals surface area contributed by atoms with Crippen molar-refractivity contribution in [3.63, 3.8) is 0 Å². The minimum atomic E-state index is -0.351. The van der Waals surface area contributed by atoms with E-state index in [0.717, 1.165) is 26.5 Å². The van der Waals surface area contributed by atoms with Gasteiger partial charge in [-0.1, -0.05) is 22.9 Å². The summed E-state index contributed by atoms with van der Waals surface area (Å²) in [6.07, 6.45) is 2.32. The highest BCUT2D eigenvalue weighted by Gasteiger charge is 2.10. The standard InChI is InChI=1S/C19H20Br2N2O4/c1-4-13-9-14(20)5-6-16(13)27-11-18(24)23-22-10-12-7-15(21)19(26-3)17(8-12)25-2/h5-10H,4,11H2,1-3H3,(H,23,24)/b22-10+. The van der Waals surface area contributed by atoms with Gasteiger partial charge in [0.1, 0.15) is 5.75 Å². The molecule has 0 unspecified atom stereocenters. The van der Waals surface area contributed by atoms with Crippen LogP contribution >= 0.6 is 31.9 Å². The molecule has 6 nitrogen and oxygen atoms in total. The zero-order valence-electron chi connectivity index (χ0n) is 15.2. The summed E-state index contributed by atoms with van der Waals surface area (Å²) in [7, 11) is 3.11. The summed E-state index contributed by atoms with van der Waals surface area (Å²) in [5, 5.41) is 3.95. The van der Waals surface area contributed by atoms with Gasteiger partial charge in [-0.25, -0.2) is 5.43 Å². The first-order valence-corrected chi connectivity index (χ1v) is 9.71. The number of nitrogens with zero attached hydrogens (tertiary/aromatic N) is 1. The number of methoxy groups -OCH3 is 2. The lowest BCUT2D eigenvalue weighted by Gasteiger charge is -2.10. The maximum atomic E-state index is 12.0. The topological polar surface area (TPSA) is 69.2 Å². The molecule has 2 aromatic carbocycles. The molecule has 144 valence electrons. The number of amides is 1. The van der Waals surface area contributed by atoms with Gasteiger partial charge in [0.15, 0.2) is 18.1 Å². The van der Waals surface area contributed by atoms with Crippen LogP contribution < -0.4 is 19.6 Å². The fourth-order valence-electron chi connectivity index (χ4n) is 2.33. The Balaban J connectivity index is 1.95. The second-order valence-electron chi connectivity index (χ2n) is 5.43. The van der Waals surface area contributed by atoms with E-state index in [-0.39, 0.29) is 12.5 Å². The zero-order chi connectivity index (χ0) is 19.8. The van der Waals surface area contributed by atoms with Crippen molar-refractivity contribution >= 4 is 44.0 Å². The summed E-state index contributed by atoms with van der Waals surface area (Å²) in [6.45, 7) is 1.90. The molecule has 0 aliphatic heterocycles. The van der Waals surface area contributed by atoms with Crippen LogP contribution in [0, 0.1) is 0 Å². The second kappa shape index (κ2) is 10.3. The minimum absolute atomic E-state index is 0.123. The normalized spacial score (nSPS) is 10.7. The van der Waals surface area contributed by atoms with E-state index in [1.807, 2.05) is 31.2 Å². The third-order valence-corrected chi connectivity index (χ3v) is 4.70. The molecule has 8 heteroatoms. The van der Waals surface area contributed by atoms with Gasteiger partial charge < -0.3 is 14.2 Å². The zero-order valence-corrected chi connectivity index (χ0v) is 18.4. The number of hydrogen-bond donors (Lipinski definition) is 1. The predicted octanol–water partition coefficient (Wildman–Crippen LogP) is 4.32. The Morgan fingerprint density at radius 3 is 2.59 bits per heavy atom. The largest absolute Gasteiger partial charge is 0.493 e. The number of hydrogen-bond acceptors (Lipinski definition) is 5. The van der Waals surface area contributed by atoms with Crippen LogP contribution in [0.2, 0.25) is 0 Å². The Bertz CT molecular complexity index is 841. The number of nitrogens with one attached hydrogen (secondary N) is 1. The second-order valence-corrected chi connectivity index (χ2v) is 7.20. The highest BCUT2D eigenvalue weighted by atomic mass is 79.9. The molecule has 0 saturated heterocycles. The number of halogens is 2. The molecule has 0 bridgehead atoms. The molecule has 0 atom stereocenters. The number of ether oxygens (including phenoxy) is 3. The molecule has 0 heterocycles. The van der Waals surface area contributed by atoms with Crippen LogP contribution in [0.5, 0.6) is 17.2 Å². The van der Waals surface area contributed by atoms with Crippen molar-refractivity contribution in [1.82, 2.24) is 5.43 Å². The van der Waals surface area contributed by atoms with E-state index < -0.39 is 0 Å². The van der Waals surface area contributed by atoms with Gasteiger partial charge in [0, 0.05) is 4.47 Å². The molecule has 1 N–H and O–H groups in total. The molecule has 0 aliphatic carbocycles. The summed E-state index contributed by atoms with van der Waals surface area (Å²) in [6, 6.07) is 9.24. The van der Waals surface area contributed by atoms with Crippen molar-refractivity contribution in [3.05, 3.63) is 50.4 Å².